The molecule has 0 saturated heterocycles. The third-order valence-electron chi connectivity index (χ3n) is 3.90. The molecule has 154 valence electrons. The summed E-state index contributed by atoms with van der Waals surface area (Å²) in [6.07, 6.45) is -1.41. The number of carbonyl (C=O) groups is 4. The zero-order valence-corrected chi connectivity index (χ0v) is 15.4. The van der Waals surface area contributed by atoms with Crippen molar-refractivity contribution in [3.63, 3.8) is 0 Å². The second-order valence-electron chi connectivity index (χ2n) is 6.37. The fourth-order valence-electron chi connectivity index (χ4n) is 2.40. The van der Waals surface area contributed by atoms with Crippen molar-refractivity contribution in [1.82, 2.24) is 5.32 Å². The Balaban J connectivity index is 2.38. The third-order valence-corrected chi connectivity index (χ3v) is 3.90. The van der Waals surface area contributed by atoms with E-state index in [4.69, 9.17) is 14.9 Å². The van der Waals surface area contributed by atoms with Gasteiger partial charge in [-0.1, -0.05) is 30.3 Å². The molecule has 0 aromatic heterocycles. The summed E-state index contributed by atoms with van der Waals surface area (Å²) < 4.78 is 5.09. The number of esters is 1. The number of carbonyl (C=O) groups excluding carboxylic acids is 2. The lowest BCUT2D eigenvalue weighted by Crippen LogP contribution is -2.49. The summed E-state index contributed by atoms with van der Waals surface area (Å²) >= 11 is 0. The van der Waals surface area contributed by atoms with Crippen molar-refractivity contribution < 1.29 is 39.2 Å². The largest absolute Gasteiger partial charge is 0.481 e. The Hall–Kier alpha value is -2.94. The molecule has 0 radical (unpaired) electrons. The van der Waals surface area contributed by atoms with Crippen molar-refractivity contribution in [1.29, 1.82) is 0 Å². The minimum Gasteiger partial charge on any atom is -0.481 e. The molecular formula is C19H25NO8. The Labute approximate surface area is 162 Å². The standard InChI is InChI=1S/C19H25NO8/c21-15(20-19(27,11-9-16(22)23)12-10-17(24)25)7-4-8-18(26)28-13-14-5-2-1-3-6-14/h1-3,5-6,27H,4,7-13H2,(H,20,21)(H,22,23)(H,24,25). The van der Waals surface area contributed by atoms with E-state index in [1.165, 1.54) is 0 Å². The first kappa shape index (κ1) is 23.1. The van der Waals surface area contributed by atoms with Crippen LogP contribution in [0, 0.1) is 0 Å². The number of carboxylic acids is 2. The van der Waals surface area contributed by atoms with Crippen molar-refractivity contribution in [2.75, 3.05) is 0 Å². The average molecular weight is 395 g/mol. The summed E-state index contributed by atoms with van der Waals surface area (Å²) in [5.74, 6) is -3.42. The maximum atomic E-state index is 12.0. The van der Waals surface area contributed by atoms with Crippen LogP contribution in [0.5, 0.6) is 0 Å². The van der Waals surface area contributed by atoms with Crippen LogP contribution in [0.1, 0.15) is 50.5 Å². The van der Waals surface area contributed by atoms with E-state index in [1.54, 1.807) is 0 Å². The fourth-order valence-corrected chi connectivity index (χ4v) is 2.40. The van der Waals surface area contributed by atoms with E-state index in [9.17, 15) is 24.3 Å². The van der Waals surface area contributed by atoms with Crippen LogP contribution in [0.15, 0.2) is 30.3 Å². The van der Waals surface area contributed by atoms with Gasteiger partial charge in [-0.05, 0) is 12.0 Å². The van der Waals surface area contributed by atoms with Gasteiger partial charge in [-0.15, -0.1) is 0 Å². The number of carboxylic acid groups (broad SMARTS) is 2. The molecule has 0 aliphatic rings. The van der Waals surface area contributed by atoms with E-state index in [-0.39, 0.29) is 38.7 Å². The summed E-state index contributed by atoms with van der Waals surface area (Å²) in [5, 5.41) is 30.1. The maximum Gasteiger partial charge on any atom is 0.306 e. The zero-order chi connectivity index (χ0) is 21.0. The number of ether oxygens (including phenoxy) is 1. The van der Waals surface area contributed by atoms with Gasteiger partial charge in [0, 0.05) is 38.5 Å². The number of hydrogen-bond acceptors (Lipinski definition) is 6. The first-order valence-corrected chi connectivity index (χ1v) is 8.87. The molecule has 1 amide bonds. The molecule has 1 aromatic rings. The van der Waals surface area contributed by atoms with Crippen molar-refractivity contribution in [3.8, 4) is 0 Å². The van der Waals surface area contributed by atoms with E-state index < -0.39 is 42.4 Å². The Bertz CT molecular complexity index is 656. The van der Waals surface area contributed by atoms with Crippen LogP contribution in [0.2, 0.25) is 0 Å². The number of aliphatic hydroxyl groups is 1. The molecule has 0 unspecified atom stereocenters. The van der Waals surface area contributed by atoms with E-state index >= 15 is 0 Å². The number of amides is 1. The second kappa shape index (κ2) is 11.7. The summed E-state index contributed by atoms with van der Waals surface area (Å²) in [6, 6.07) is 9.12. The van der Waals surface area contributed by atoms with Crippen molar-refractivity contribution in [3.05, 3.63) is 35.9 Å². The molecule has 0 aliphatic heterocycles. The van der Waals surface area contributed by atoms with Crippen molar-refractivity contribution in [2.24, 2.45) is 0 Å². The Kier molecular flexibility index (Phi) is 9.66. The predicted octanol–water partition coefficient (Wildman–Crippen LogP) is 1.43. The number of hydrogen-bond donors (Lipinski definition) is 4. The number of benzene rings is 1. The minimum absolute atomic E-state index is 0.00291. The fraction of sp³-hybridized carbons (Fsp3) is 0.474. The molecule has 9 heteroatoms. The van der Waals surface area contributed by atoms with Crippen LogP contribution < -0.4 is 5.32 Å². The zero-order valence-electron chi connectivity index (χ0n) is 15.4. The highest BCUT2D eigenvalue weighted by Crippen LogP contribution is 2.17. The van der Waals surface area contributed by atoms with E-state index in [0.717, 1.165) is 5.56 Å². The molecule has 0 spiro atoms. The van der Waals surface area contributed by atoms with E-state index in [2.05, 4.69) is 5.32 Å². The quantitative estimate of drug-likeness (QED) is 0.289. The molecule has 9 nitrogen and oxygen atoms in total. The number of aliphatic carboxylic acids is 2. The van der Waals surface area contributed by atoms with Crippen LogP contribution >= 0.6 is 0 Å². The molecule has 28 heavy (non-hydrogen) atoms. The van der Waals surface area contributed by atoms with Gasteiger partial charge >= 0.3 is 17.9 Å². The van der Waals surface area contributed by atoms with Gasteiger partial charge in [0.25, 0.3) is 0 Å². The normalized spacial score (nSPS) is 10.9. The average Bonchev–Trinajstić information content (AvgIpc) is 2.64. The van der Waals surface area contributed by atoms with Gasteiger partial charge in [0.1, 0.15) is 12.3 Å². The molecule has 0 atom stereocenters. The van der Waals surface area contributed by atoms with E-state index in [1.807, 2.05) is 30.3 Å². The van der Waals surface area contributed by atoms with Crippen LogP contribution in [-0.4, -0.2) is 44.9 Å². The monoisotopic (exact) mass is 395 g/mol. The lowest BCUT2D eigenvalue weighted by molar-refractivity contribution is -0.146. The van der Waals surface area contributed by atoms with E-state index in [0.29, 0.717) is 0 Å². The van der Waals surface area contributed by atoms with Crippen molar-refractivity contribution >= 4 is 23.8 Å². The van der Waals surface area contributed by atoms with Gasteiger partial charge in [0.15, 0.2) is 0 Å². The second-order valence-corrected chi connectivity index (χ2v) is 6.37. The lowest BCUT2D eigenvalue weighted by Gasteiger charge is -2.28. The first-order chi connectivity index (χ1) is 13.2. The molecule has 0 bridgehead atoms. The molecule has 0 saturated carbocycles. The van der Waals surface area contributed by atoms with Crippen LogP contribution in [0.25, 0.3) is 0 Å². The maximum absolute atomic E-state index is 12.0. The van der Waals surface area contributed by atoms with Crippen molar-refractivity contribution in [2.45, 2.75) is 57.3 Å². The Morgan fingerprint density at radius 2 is 1.46 bits per heavy atom. The van der Waals surface area contributed by atoms with Crippen LogP contribution in [0.3, 0.4) is 0 Å². The summed E-state index contributed by atoms with van der Waals surface area (Å²) in [6.45, 7) is 0.135. The molecule has 0 aliphatic carbocycles. The van der Waals surface area contributed by atoms with Gasteiger partial charge in [-0.3, -0.25) is 19.2 Å². The summed E-state index contributed by atoms with van der Waals surface area (Å²) in [5.41, 5.74) is -1.09. The molecule has 0 heterocycles. The van der Waals surface area contributed by atoms with Gasteiger partial charge in [-0.2, -0.15) is 0 Å². The van der Waals surface area contributed by atoms with Crippen LogP contribution in [0.4, 0.5) is 0 Å². The predicted molar refractivity (Wildman–Crippen MR) is 96.9 cm³/mol. The third kappa shape index (κ3) is 10.3. The minimum atomic E-state index is -1.93. The smallest absolute Gasteiger partial charge is 0.306 e. The number of nitrogens with one attached hydrogen (secondary N) is 1. The highest BCUT2D eigenvalue weighted by molar-refractivity contribution is 5.78. The Morgan fingerprint density at radius 1 is 0.893 bits per heavy atom. The SMILES string of the molecule is O=C(O)CCC(O)(CCC(=O)O)NC(=O)CCCC(=O)OCc1ccccc1. The highest BCUT2D eigenvalue weighted by Gasteiger charge is 2.30. The first-order valence-electron chi connectivity index (χ1n) is 8.87. The van der Waals surface area contributed by atoms with Gasteiger partial charge in [0.2, 0.25) is 5.91 Å². The molecular weight excluding hydrogens is 370 g/mol. The van der Waals surface area contributed by atoms with Crippen LogP contribution in [-0.2, 0) is 30.5 Å². The summed E-state index contributed by atoms with van der Waals surface area (Å²) in [4.78, 5) is 45.1. The lowest BCUT2D eigenvalue weighted by atomic mass is 10.0. The topological polar surface area (TPSA) is 150 Å². The molecule has 0 fully saturated rings. The Morgan fingerprint density at radius 3 is 2.00 bits per heavy atom. The van der Waals surface area contributed by atoms with Gasteiger partial charge in [-0.25, -0.2) is 0 Å². The molecule has 1 rings (SSSR count). The summed E-state index contributed by atoms with van der Waals surface area (Å²) in [7, 11) is 0. The number of rotatable bonds is 13. The highest BCUT2D eigenvalue weighted by atomic mass is 16.5. The molecule has 1 aromatic carbocycles. The molecule has 4 N–H and O–H groups in total. The van der Waals surface area contributed by atoms with Gasteiger partial charge < -0.3 is 25.4 Å². The van der Waals surface area contributed by atoms with Gasteiger partial charge in [0.05, 0.1) is 0 Å².